The Morgan fingerprint density at radius 3 is 2.80 bits per heavy atom. The van der Waals surface area contributed by atoms with E-state index in [-0.39, 0.29) is 18.3 Å². The summed E-state index contributed by atoms with van der Waals surface area (Å²) >= 11 is 0. The number of rotatable bonds is 2. The maximum Gasteiger partial charge on any atom is 0.220 e. The van der Waals surface area contributed by atoms with E-state index in [1.807, 2.05) is 0 Å². The molecule has 0 aromatic heterocycles. The molecule has 1 saturated heterocycles. The molecule has 1 aliphatic rings. The van der Waals surface area contributed by atoms with Crippen LogP contribution in [0, 0.1) is 0 Å². The van der Waals surface area contributed by atoms with Crippen LogP contribution in [-0.4, -0.2) is 18.5 Å². The zero-order chi connectivity index (χ0) is 6.69. The quantitative estimate of drug-likeness (QED) is 0.606. The molecule has 1 unspecified atom stereocenters. The molecule has 4 heteroatoms. The molecular formula is C6H13ClN2O. The van der Waals surface area contributed by atoms with E-state index >= 15 is 0 Å². The molecule has 1 atom stereocenters. The third kappa shape index (κ3) is 2.54. The maximum absolute atomic E-state index is 10.6. The molecular weight excluding hydrogens is 152 g/mol. The van der Waals surface area contributed by atoms with Crippen LogP contribution in [0.1, 0.15) is 19.3 Å². The van der Waals surface area contributed by atoms with E-state index in [1.165, 1.54) is 0 Å². The van der Waals surface area contributed by atoms with Gasteiger partial charge < -0.3 is 11.1 Å². The highest BCUT2D eigenvalue weighted by molar-refractivity contribution is 5.85. The van der Waals surface area contributed by atoms with Crippen molar-refractivity contribution in [3.8, 4) is 0 Å². The molecule has 1 aliphatic heterocycles. The summed E-state index contributed by atoms with van der Waals surface area (Å²) in [6.07, 6.45) is 2.58. The molecule has 0 radical (unpaired) electrons. The van der Waals surface area contributed by atoms with Gasteiger partial charge in [-0.2, -0.15) is 0 Å². The summed E-state index contributed by atoms with van der Waals surface area (Å²) in [5.74, 6) is 0.174. The van der Waals surface area contributed by atoms with Crippen LogP contribution >= 0.6 is 12.4 Å². The summed E-state index contributed by atoms with van der Waals surface area (Å²) in [6.45, 7) is 0.672. The number of carbonyl (C=O) groups excluding carboxylic acids is 1. The molecule has 0 saturated carbocycles. The second kappa shape index (κ2) is 4.52. The van der Waals surface area contributed by atoms with Gasteiger partial charge in [0.2, 0.25) is 5.91 Å². The normalized spacial score (nSPS) is 23.7. The molecule has 3 nitrogen and oxygen atoms in total. The highest BCUT2D eigenvalue weighted by Crippen LogP contribution is 2.08. The van der Waals surface area contributed by atoms with Crippen molar-refractivity contribution < 1.29 is 4.79 Å². The number of hydrogen-bond acceptors (Lipinski definition) is 2. The van der Waals surface area contributed by atoms with Gasteiger partial charge in [0.15, 0.2) is 0 Å². The van der Waals surface area contributed by atoms with E-state index in [0.717, 1.165) is 12.8 Å². The van der Waals surface area contributed by atoms with E-state index < -0.39 is 0 Å². The lowest BCUT2D eigenvalue weighted by molar-refractivity contribution is -0.119. The van der Waals surface area contributed by atoms with Gasteiger partial charge in [-0.15, -0.1) is 12.4 Å². The van der Waals surface area contributed by atoms with Crippen molar-refractivity contribution in [3.63, 3.8) is 0 Å². The minimum Gasteiger partial charge on any atom is -0.353 e. The smallest absolute Gasteiger partial charge is 0.220 e. The van der Waals surface area contributed by atoms with Gasteiger partial charge in [-0.05, 0) is 19.4 Å². The minimum atomic E-state index is 0. The van der Waals surface area contributed by atoms with Gasteiger partial charge in [-0.25, -0.2) is 0 Å². The van der Waals surface area contributed by atoms with Gasteiger partial charge in [0.05, 0.1) is 0 Å². The molecule has 1 heterocycles. The fraction of sp³-hybridized carbons (Fsp3) is 0.833. The Labute approximate surface area is 66.8 Å². The Kier molecular flexibility index (Phi) is 4.40. The van der Waals surface area contributed by atoms with Crippen molar-refractivity contribution in [2.45, 2.75) is 25.3 Å². The molecule has 3 N–H and O–H groups in total. The SMILES string of the molecule is Cl.NCCC1CCC(=O)N1. The Bertz CT molecular complexity index is 118. The molecule has 0 aliphatic carbocycles. The molecule has 0 spiro atoms. The number of nitrogens with one attached hydrogen (secondary N) is 1. The van der Waals surface area contributed by atoms with E-state index in [9.17, 15) is 4.79 Å². The highest BCUT2D eigenvalue weighted by Gasteiger charge is 2.18. The number of halogens is 1. The lowest BCUT2D eigenvalue weighted by atomic mass is 10.2. The standard InChI is InChI=1S/C6H12N2O.ClH/c7-4-3-5-1-2-6(9)8-5;/h5H,1-4,7H2,(H,8,9);1H. The van der Waals surface area contributed by atoms with Crippen LogP contribution in [0.25, 0.3) is 0 Å². The fourth-order valence-electron chi connectivity index (χ4n) is 1.10. The summed E-state index contributed by atoms with van der Waals surface area (Å²) < 4.78 is 0. The summed E-state index contributed by atoms with van der Waals surface area (Å²) in [4.78, 5) is 10.6. The number of nitrogens with two attached hydrogens (primary N) is 1. The average molecular weight is 165 g/mol. The summed E-state index contributed by atoms with van der Waals surface area (Å²) in [6, 6.07) is 0.363. The highest BCUT2D eigenvalue weighted by atomic mass is 35.5. The Balaban J connectivity index is 0.000000810. The zero-order valence-corrected chi connectivity index (χ0v) is 6.62. The van der Waals surface area contributed by atoms with Crippen LogP contribution in [0.5, 0.6) is 0 Å². The van der Waals surface area contributed by atoms with Crippen LogP contribution in [0.4, 0.5) is 0 Å². The average Bonchev–Trinajstić information content (AvgIpc) is 2.17. The van der Waals surface area contributed by atoms with E-state index in [2.05, 4.69) is 5.32 Å². The molecule has 0 aromatic carbocycles. The second-order valence-electron chi connectivity index (χ2n) is 2.38. The first kappa shape index (κ1) is 9.72. The van der Waals surface area contributed by atoms with Crippen molar-refractivity contribution in [1.82, 2.24) is 5.32 Å². The molecule has 1 amide bonds. The predicted molar refractivity (Wildman–Crippen MR) is 42.1 cm³/mol. The predicted octanol–water partition coefficient (Wildman–Crippen LogP) is 0.0356. The monoisotopic (exact) mass is 164 g/mol. The lowest BCUT2D eigenvalue weighted by Gasteiger charge is -2.05. The summed E-state index contributed by atoms with van der Waals surface area (Å²) in [5.41, 5.74) is 5.30. The van der Waals surface area contributed by atoms with E-state index in [4.69, 9.17) is 5.73 Å². The first-order valence-corrected chi connectivity index (χ1v) is 3.32. The molecule has 60 valence electrons. The van der Waals surface area contributed by atoms with Crippen LogP contribution in [-0.2, 0) is 4.79 Å². The molecule has 0 bridgehead atoms. The molecule has 1 rings (SSSR count). The van der Waals surface area contributed by atoms with Gasteiger partial charge in [0.1, 0.15) is 0 Å². The van der Waals surface area contributed by atoms with Crippen molar-refractivity contribution in [3.05, 3.63) is 0 Å². The third-order valence-electron chi connectivity index (χ3n) is 1.60. The summed E-state index contributed by atoms with van der Waals surface area (Å²) in [7, 11) is 0. The Morgan fingerprint density at radius 1 is 1.70 bits per heavy atom. The number of carbonyl (C=O) groups is 1. The van der Waals surface area contributed by atoms with Crippen molar-refractivity contribution in [1.29, 1.82) is 0 Å². The van der Waals surface area contributed by atoms with Crippen LogP contribution in [0.2, 0.25) is 0 Å². The van der Waals surface area contributed by atoms with E-state index in [1.54, 1.807) is 0 Å². The topological polar surface area (TPSA) is 55.1 Å². The lowest BCUT2D eigenvalue weighted by Crippen LogP contribution is -2.27. The van der Waals surface area contributed by atoms with Gasteiger partial charge in [-0.3, -0.25) is 4.79 Å². The fourth-order valence-corrected chi connectivity index (χ4v) is 1.10. The van der Waals surface area contributed by atoms with Crippen molar-refractivity contribution >= 4 is 18.3 Å². The van der Waals surface area contributed by atoms with Crippen LogP contribution < -0.4 is 11.1 Å². The van der Waals surface area contributed by atoms with Crippen molar-refractivity contribution in [2.24, 2.45) is 5.73 Å². The number of amides is 1. The van der Waals surface area contributed by atoms with Crippen LogP contribution in [0.3, 0.4) is 0 Å². The molecule has 1 fully saturated rings. The van der Waals surface area contributed by atoms with Gasteiger partial charge in [-0.1, -0.05) is 0 Å². The van der Waals surface area contributed by atoms with E-state index in [0.29, 0.717) is 19.0 Å². The first-order valence-electron chi connectivity index (χ1n) is 3.32. The molecule has 0 aromatic rings. The van der Waals surface area contributed by atoms with Gasteiger partial charge >= 0.3 is 0 Å². The van der Waals surface area contributed by atoms with Gasteiger partial charge in [0, 0.05) is 12.5 Å². The third-order valence-corrected chi connectivity index (χ3v) is 1.60. The van der Waals surface area contributed by atoms with Crippen molar-refractivity contribution in [2.75, 3.05) is 6.54 Å². The Morgan fingerprint density at radius 2 is 2.40 bits per heavy atom. The van der Waals surface area contributed by atoms with Gasteiger partial charge in [0.25, 0.3) is 0 Å². The minimum absolute atomic E-state index is 0. The second-order valence-corrected chi connectivity index (χ2v) is 2.38. The Hall–Kier alpha value is -0.280. The van der Waals surface area contributed by atoms with Crippen LogP contribution in [0.15, 0.2) is 0 Å². The summed E-state index contributed by atoms with van der Waals surface area (Å²) in [5, 5.41) is 2.84. The molecule has 10 heavy (non-hydrogen) atoms. The first-order chi connectivity index (χ1) is 4.33. The zero-order valence-electron chi connectivity index (χ0n) is 5.80. The maximum atomic E-state index is 10.6. The largest absolute Gasteiger partial charge is 0.353 e. The number of hydrogen-bond donors (Lipinski definition) is 2.